The zero-order valence-corrected chi connectivity index (χ0v) is 10.3. The van der Waals surface area contributed by atoms with Gasteiger partial charge < -0.3 is 5.73 Å². The largest absolute Gasteiger partial charge is 0.398 e. The molecule has 2 N–H and O–H groups in total. The molecule has 0 saturated heterocycles. The molecule has 3 rings (SSSR count). The van der Waals surface area contributed by atoms with E-state index in [-0.39, 0.29) is 11.1 Å². The first-order valence-electron chi connectivity index (χ1n) is 5.09. The minimum Gasteiger partial charge on any atom is -0.398 e. The molecule has 2 aromatic rings. The lowest BCUT2D eigenvalue weighted by Crippen LogP contribution is -2.11. The van der Waals surface area contributed by atoms with Crippen LogP contribution in [0.4, 0.5) is 14.5 Å². The van der Waals surface area contributed by atoms with Crippen molar-refractivity contribution in [3.05, 3.63) is 52.0 Å². The number of anilines is 1. The number of nitrogens with two attached hydrogens (primary N) is 1. The fraction of sp³-hybridized carbons (Fsp3) is 0.0769. The molecule has 0 fully saturated rings. The maximum atomic E-state index is 14.2. The Morgan fingerprint density at radius 3 is 2.47 bits per heavy atom. The molecule has 0 unspecified atom stereocenters. The minimum atomic E-state index is -2.96. The normalized spacial score (nSPS) is 15.5. The maximum Gasteiger partial charge on any atom is 0.299 e. The molecule has 0 radical (unpaired) electrons. The summed E-state index contributed by atoms with van der Waals surface area (Å²) in [4.78, 5) is 0. The van der Waals surface area contributed by atoms with E-state index in [2.05, 4.69) is 15.9 Å². The van der Waals surface area contributed by atoms with Crippen molar-refractivity contribution in [2.75, 3.05) is 5.73 Å². The van der Waals surface area contributed by atoms with Crippen LogP contribution in [0.25, 0.3) is 11.1 Å². The highest BCUT2D eigenvalue weighted by molar-refractivity contribution is 9.10. The van der Waals surface area contributed by atoms with Crippen LogP contribution in [0.15, 0.2) is 40.9 Å². The number of alkyl halides is 2. The molecule has 1 nitrogen and oxygen atoms in total. The van der Waals surface area contributed by atoms with Gasteiger partial charge in [0.25, 0.3) is 5.92 Å². The second-order valence-electron chi connectivity index (χ2n) is 4.04. The summed E-state index contributed by atoms with van der Waals surface area (Å²) in [7, 11) is 0. The van der Waals surface area contributed by atoms with Crippen LogP contribution in [0.1, 0.15) is 11.1 Å². The van der Waals surface area contributed by atoms with Crippen LogP contribution in [0.3, 0.4) is 0 Å². The molecule has 0 heterocycles. The molecule has 86 valence electrons. The third-order valence-corrected chi connectivity index (χ3v) is 3.72. The average molecular weight is 296 g/mol. The molecule has 17 heavy (non-hydrogen) atoms. The Kier molecular flexibility index (Phi) is 2.08. The maximum absolute atomic E-state index is 14.2. The van der Waals surface area contributed by atoms with Gasteiger partial charge in [-0.1, -0.05) is 24.3 Å². The van der Waals surface area contributed by atoms with E-state index in [1.807, 2.05) is 0 Å². The lowest BCUT2D eigenvalue weighted by molar-refractivity contribution is 0.0480. The van der Waals surface area contributed by atoms with E-state index < -0.39 is 5.92 Å². The second kappa shape index (κ2) is 3.29. The lowest BCUT2D eigenvalue weighted by atomic mass is 10.1. The fourth-order valence-electron chi connectivity index (χ4n) is 2.21. The van der Waals surface area contributed by atoms with E-state index in [9.17, 15) is 8.78 Å². The van der Waals surface area contributed by atoms with Crippen molar-refractivity contribution in [3.8, 4) is 11.1 Å². The van der Waals surface area contributed by atoms with E-state index >= 15 is 0 Å². The van der Waals surface area contributed by atoms with Crippen molar-refractivity contribution < 1.29 is 8.78 Å². The van der Waals surface area contributed by atoms with Gasteiger partial charge >= 0.3 is 0 Å². The molecule has 4 heteroatoms. The molecule has 0 aromatic heterocycles. The number of hydrogen-bond donors (Lipinski definition) is 1. The van der Waals surface area contributed by atoms with Gasteiger partial charge in [0.1, 0.15) is 0 Å². The van der Waals surface area contributed by atoms with Gasteiger partial charge in [-0.3, -0.25) is 0 Å². The molecule has 1 aliphatic carbocycles. The van der Waals surface area contributed by atoms with Gasteiger partial charge in [-0.25, -0.2) is 0 Å². The monoisotopic (exact) mass is 295 g/mol. The van der Waals surface area contributed by atoms with Crippen molar-refractivity contribution in [2.45, 2.75) is 5.92 Å². The standard InChI is InChI=1S/C13H8BrF2N/c14-11-5-8-7-3-1-2-4-9(7)13(15,16)10(8)6-12(11)17/h1-6H,17H2. The molecule has 1 aliphatic rings. The molecule has 0 spiro atoms. The Labute approximate surface area is 105 Å². The molecule has 0 atom stereocenters. The number of hydrogen-bond acceptors (Lipinski definition) is 1. The van der Waals surface area contributed by atoms with Crippen LogP contribution in [0, 0.1) is 0 Å². The van der Waals surface area contributed by atoms with Crippen molar-refractivity contribution in [1.29, 1.82) is 0 Å². The van der Waals surface area contributed by atoms with Crippen molar-refractivity contribution in [1.82, 2.24) is 0 Å². The number of rotatable bonds is 0. The summed E-state index contributed by atoms with van der Waals surface area (Å²) in [6, 6.07) is 9.55. The molecule has 0 aliphatic heterocycles. The van der Waals surface area contributed by atoms with Gasteiger partial charge in [0.15, 0.2) is 0 Å². The highest BCUT2D eigenvalue weighted by atomic mass is 79.9. The zero-order valence-electron chi connectivity index (χ0n) is 8.68. The van der Waals surface area contributed by atoms with Gasteiger partial charge in [-0.05, 0) is 39.2 Å². The molecular formula is C13H8BrF2N. The van der Waals surface area contributed by atoms with Crippen LogP contribution in [-0.4, -0.2) is 0 Å². The predicted molar refractivity (Wildman–Crippen MR) is 67.0 cm³/mol. The molecule has 2 aromatic carbocycles. The summed E-state index contributed by atoms with van der Waals surface area (Å²) in [6.45, 7) is 0. The lowest BCUT2D eigenvalue weighted by Gasteiger charge is -2.12. The number of halogens is 3. The first-order chi connectivity index (χ1) is 8.01. The second-order valence-corrected chi connectivity index (χ2v) is 4.89. The van der Waals surface area contributed by atoms with Gasteiger partial charge in [0, 0.05) is 21.3 Å². The Hall–Kier alpha value is -1.42. The zero-order chi connectivity index (χ0) is 12.2. The van der Waals surface area contributed by atoms with E-state index in [0.717, 1.165) is 0 Å². The third kappa shape index (κ3) is 1.33. The summed E-state index contributed by atoms with van der Waals surface area (Å²) in [6.07, 6.45) is 0. The molecule has 0 amide bonds. The first-order valence-corrected chi connectivity index (χ1v) is 5.88. The van der Waals surface area contributed by atoms with E-state index in [1.165, 1.54) is 12.1 Å². The average Bonchev–Trinajstić information content (AvgIpc) is 2.51. The highest BCUT2D eigenvalue weighted by Crippen LogP contribution is 2.52. The number of benzene rings is 2. The van der Waals surface area contributed by atoms with Crippen LogP contribution < -0.4 is 5.73 Å². The number of nitrogen functional groups attached to an aromatic ring is 1. The fourth-order valence-corrected chi connectivity index (χ4v) is 2.55. The summed E-state index contributed by atoms with van der Waals surface area (Å²) in [5.41, 5.74) is 7.16. The summed E-state index contributed by atoms with van der Waals surface area (Å²) >= 11 is 3.27. The van der Waals surface area contributed by atoms with Gasteiger partial charge in [0.05, 0.1) is 0 Å². The Morgan fingerprint density at radius 2 is 1.71 bits per heavy atom. The van der Waals surface area contributed by atoms with Crippen molar-refractivity contribution >= 4 is 21.6 Å². The van der Waals surface area contributed by atoms with Crippen LogP contribution in [0.5, 0.6) is 0 Å². The quantitative estimate of drug-likeness (QED) is 0.726. The highest BCUT2D eigenvalue weighted by Gasteiger charge is 2.44. The van der Waals surface area contributed by atoms with E-state index in [4.69, 9.17) is 5.73 Å². The minimum absolute atomic E-state index is 0.0144. The van der Waals surface area contributed by atoms with Crippen LogP contribution in [-0.2, 0) is 5.92 Å². The molecule has 0 bridgehead atoms. The smallest absolute Gasteiger partial charge is 0.299 e. The van der Waals surface area contributed by atoms with Gasteiger partial charge in [0.2, 0.25) is 0 Å². The van der Waals surface area contributed by atoms with Crippen LogP contribution in [0.2, 0.25) is 0 Å². The molecule has 0 saturated carbocycles. The van der Waals surface area contributed by atoms with E-state index in [0.29, 0.717) is 21.3 Å². The van der Waals surface area contributed by atoms with Crippen molar-refractivity contribution in [3.63, 3.8) is 0 Å². The third-order valence-electron chi connectivity index (χ3n) is 3.03. The Morgan fingerprint density at radius 1 is 1.00 bits per heavy atom. The van der Waals surface area contributed by atoms with E-state index in [1.54, 1.807) is 24.3 Å². The first kappa shape index (κ1) is 10.7. The topological polar surface area (TPSA) is 26.0 Å². The predicted octanol–water partition coefficient (Wildman–Crippen LogP) is 4.15. The van der Waals surface area contributed by atoms with Crippen molar-refractivity contribution in [2.24, 2.45) is 0 Å². The number of fused-ring (bicyclic) bond motifs is 3. The Balaban J connectivity index is 2.40. The SMILES string of the molecule is Nc1cc2c(cc1Br)-c1ccccc1C2(F)F. The summed E-state index contributed by atoms with van der Waals surface area (Å²) < 4.78 is 29.0. The summed E-state index contributed by atoms with van der Waals surface area (Å²) in [5.74, 6) is -2.96. The van der Waals surface area contributed by atoms with Gasteiger partial charge in [-0.2, -0.15) is 8.78 Å². The van der Waals surface area contributed by atoms with Crippen LogP contribution >= 0.6 is 15.9 Å². The summed E-state index contributed by atoms with van der Waals surface area (Å²) in [5, 5.41) is 0. The van der Waals surface area contributed by atoms with Gasteiger partial charge in [-0.15, -0.1) is 0 Å². The molecular weight excluding hydrogens is 288 g/mol. The Bertz CT molecular complexity index is 623.